The first-order valence-corrected chi connectivity index (χ1v) is 17.7. The maximum atomic E-state index is 13.9. The van der Waals surface area contributed by atoms with Crippen molar-refractivity contribution in [1.29, 1.82) is 0 Å². The van der Waals surface area contributed by atoms with E-state index in [9.17, 15) is 22.7 Å². The Morgan fingerprint density at radius 1 is 1.00 bits per heavy atom. The number of amides is 1. The minimum atomic E-state index is -4.09. The molecular weight excluding hydrogens is 659 g/mol. The van der Waals surface area contributed by atoms with Crippen molar-refractivity contribution < 1.29 is 51.1 Å². The van der Waals surface area contributed by atoms with Crippen molar-refractivity contribution in [3.63, 3.8) is 0 Å². The van der Waals surface area contributed by atoms with Crippen LogP contribution in [0.5, 0.6) is 17.2 Å². The first-order valence-electron chi connectivity index (χ1n) is 16.3. The molecule has 3 aliphatic heterocycles. The third-order valence-corrected chi connectivity index (χ3v) is 10.5. The molecule has 264 valence electrons. The largest absolute Gasteiger partial charge is 0.489 e. The Balaban J connectivity index is 1.18. The van der Waals surface area contributed by atoms with Gasteiger partial charge in [-0.2, -0.15) is 4.31 Å². The predicted octanol–water partition coefficient (Wildman–Crippen LogP) is 4.24. The van der Waals surface area contributed by atoms with E-state index in [4.69, 9.17) is 28.4 Å². The van der Waals surface area contributed by atoms with Crippen molar-refractivity contribution in [2.24, 2.45) is 11.8 Å². The van der Waals surface area contributed by atoms with Gasteiger partial charge in [-0.1, -0.05) is 38.1 Å². The summed E-state index contributed by atoms with van der Waals surface area (Å²) >= 11 is 0. The Kier molecular flexibility index (Phi) is 10.9. The molecule has 0 radical (unpaired) electrons. The lowest BCUT2D eigenvalue weighted by Crippen LogP contribution is -2.51. The Labute approximate surface area is 285 Å². The highest BCUT2D eigenvalue weighted by Crippen LogP contribution is 2.35. The minimum absolute atomic E-state index is 0.000525. The lowest BCUT2D eigenvalue weighted by molar-refractivity contribution is -0.0907. The van der Waals surface area contributed by atoms with Crippen LogP contribution in [0.1, 0.15) is 31.4 Å². The summed E-state index contributed by atoms with van der Waals surface area (Å²) in [6.45, 7) is 4.54. The van der Waals surface area contributed by atoms with Crippen molar-refractivity contribution in [2.45, 2.75) is 62.7 Å². The van der Waals surface area contributed by atoms with E-state index in [0.29, 0.717) is 30.3 Å². The molecule has 1 amide bonds. The van der Waals surface area contributed by atoms with Gasteiger partial charge in [-0.15, -0.1) is 0 Å². The number of aliphatic hydroxyl groups is 1. The number of hydrogen-bond donors (Lipinski definition) is 2. The Hall–Kier alpha value is -3.95. The average Bonchev–Trinajstić information content (AvgIpc) is 3.83. The molecule has 2 saturated heterocycles. The number of aliphatic hydroxyl groups excluding tert-OH is 1. The second-order valence-electron chi connectivity index (χ2n) is 12.8. The maximum absolute atomic E-state index is 13.9. The zero-order valence-corrected chi connectivity index (χ0v) is 28.1. The number of rotatable bonds is 14. The van der Waals surface area contributed by atoms with E-state index in [0.717, 1.165) is 11.1 Å². The summed E-state index contributed by atoms with van der Waals surface area (Å²) in [6.07, 6.45) is -2.14. The van der Waals surface area contributed by atoms with Crippen molar-refractivity contribution in [3.8, 4) is 17.2 Å². The lowest BCUT2D eigenvalue weighted by atomic mass is 10.0. The van der Waals surface area contributed by atoms with Crippen molar-refractivity contribution in [3.05, 3.63) is 83.7 Å². The number of carbonyl (C=O) groups is 1. The molecule has 49 heavy (non-hydrogen) atoms. The summed E-state index contributed by atoms with van der Waals surface area (Å²) in [7, 11) is -4.09. The van der Waals surface area contributed by atoms with Crippen molar-refractivity contribution in [2.75, 3.05) is 33.1 Å². The molecule has 3 aromatic rings. The SMILES string of the molecule is CC(C)CN(C[C@@H](O)[C@H](Cc1ccc(OCc2ccc(F)cc2)cc1)NC(=O)O[C@@H]1CO[C@@H]2OCC[C@@H]21)S(=O)(=O)c1ccc2c(c1)OCO2. The zero-order valence-electron chi connectivity index (χ0n) is 27.3. The summed E-state index contributed by atoms with van der Waals surface area (Å²) in [6, 6.07) is 16.6. The summed E-state index contributed by atoms with van der Waals surface area (Å²) in [5.74, 6) is 0.874. The van der Waals surface area contributed by atoms with E-state index in [1.54, 1.807) is 42.5 Å². The molecule has 3 heterocycles. The van der Waals surface area contributed by atoms with Crippen LogP contribution in [0, 0.1) is 17.7 Å². The second-order valence-corrected chi connectivity index (χ2v) is 14.7. The summed E-state index contributed by atoms with van der Waals surface area (Å²) < 4.78 is 75.7. The highest BCUT2D eigenvalue weighted by Gasteiger charge is 2.44. The second kappa shape index (κ2) is 15.3. The van der Waals surface area contributed by atoms with Crippen LogP contribution in [0.25, 0.3) is 0 Å². The fraction of sp³-hybridized carbons (Fsp3) is 0.457. The quantitative estimate of drug-likeness (QED) is 0.251. The molecule has 3 aromatic carbocycles. The van der Waals surface area contributed by atoms with Crippen LogP contribution in [-0.2, 0) is 37.3 Å². The van der Waals surface area contributed by atoms with Gasteiger partial charge in [0, 0.05) is 19.2 Å². The van der Waals surface area contributed by atoms with Gasteiger partial charge >= 0.3 is 6.09 Å². The molecule has 0 aliphatic carbocycles. The number of alkyl carbamates (subject to hydrolysis) is 1. The van der Waals surface area contributed by atoms with Gasteiger partial charge in [0.1, 0.15) is 24.3 Å². The first kappa shape index (κ1) is 34.9. The number of benzene rings is 3. The van der Waals surface area contributed by atoms with E-state index in [1.807, 2.05) is 13.8 Å². The number of halogens is 1. The summed E-state index contributed by atoms with van der Waals surface area (Å²) in [5, 5.41) is 14.4. The van der Waals surface area contributed by atoms with Gasteiger partial charge in [0.05, 0.1) is 36.2 Å². The summed E-state index contributed by atoms with van der Waals surface area (Å²) in [4.78, 5) is 13.2. The average molecular weight is 701 g/mol. The fourth-order valence-corrected chi connectivity index (χ4v) is 7.71. The van der Waals surface area contributed by atoms with Crippen molar-refractivity contribution >= 4 is 16.1 Å². The third kappa shape index (κ3) is 8.62. The molecular formula is C35H41FN2O10S. The molecule has 12 nitrogen and oxygen atoms in total. The van der Waals surface area contributed by atoms with E-state index in [2.05, 4.69) is 5.32 Å². The third-order valence-electron chi connectivity index (χ3n) is 8.65. The van der Waals surface area contributed by atoms with Crippen LogP contribution >= 0.6 is 0 Å². The van der Waals surface area contributed by atoms with Crippen LogP contribution in [-0.4, -0.2) is 81.6 Å². The molecule has 2 fully saturated rings. The number of ether oxygens (including phenoxy) is 6. The molecule has 0 unspecified atom stereocenters. The molecule has 2 N–H and O–H groups in total. The zero-order chi connectivity index (χ0) is 34.5. The van der Waals surface area contributed by atoms with E-state index in [-0.39, 0.29) is 62.1 Å². The van der Waals surface area contributed by atoms with Gasteiger partial charge in [-0.05, 0) is 66.3 Å². The standard InChI is InChI=1S/C35H41FN2O10S/c1-22(2)17-38(49(41,42)27-11-12-31-32(16-27)47-21-46-31)18-30(39)29(37-35(40)48-33-20-45-34-28(33)13-14-43-34)15-23-5-9-26(10-6-23)44-19-24-3-7-25(36)8-4-24/h3-12,16,22,28-30,33-34,39H,13-15,17-21H2,1-2H3,(H,37,40)/t28-,29+,30-,33-,34+/m1/s1. The molecule has 6 rings (SSSR count). The topological polar surface area (TPSA) is 142 Å². The van der Waals surface area contributed by atoms with Crippen LogP contribution in [0.3, 0.4) is 0 Å². The van der Waals surface area contributed by atoms with Crippen LogP contribution in [0.2, 0.25) is 0 Å². The molecule has 0 aromatic heterocycles. The fourth-order valence-electron chi connectivity index (χ4n) is 6.08. The molecule has 0 bridgehead atoms. The Bertz CT molecular complexity index is 1690. The molecule has 5 atom stereocenters. The van der Waals surface area contributed by atoms with Crippen LogP contribution in [0.15, 0.2) is 71.6 Å². The minimum Gasteiger partial charge on any atom is -0.489 e. The monoisotopic (exact) mass is 700 g/mol. The first-order chi connectivity index (χ1) is 23.5. The normalized spacial score (nSPS) is 21.1. The number of sulfonamides is 1. The van der Waals surface area contributed by atoms with Crippen molar-refractivity contribution in [1.82, 2.24) is 9.62 Å². The number of nitrogens with zero attached hydrogens (tertiary/aromatic N) is 1. The maximum Gasteiger partial charge on any atom is 0.407 e. The molecule has 14 heteroatoms. The van der Waals surface area contributed by atoms with E-state index < -0.39 is 40.7 Å². The molecule has 3 aliphatic rings. The van der Waals surface area contributed by atoms with E-state index in [1.165, 1.54) is 28.6 Å². The van der Waals surface area contributed by atoms with Gasteiger partial charge in [0.15, 0.2) is 17.8 Å². The van der Waals surface area contributed by atoms with Gasteiger partial charge in [0.25, 0.3) is 0 Å². The van der Waals surface area contributed by atoms with Crippen LogP contribution in [0.4, 0.5) is 9.18 Å². The number of nitrogens with one attached hydrogen (secondary N) is 1. The Morgan fingerprint density at radius 3 is 2.49 bits per heavy atom. The highest BCUT2D eigenvalue weighted by atomic mass is 32.2. The van der Waals surface area contributed by atoms with Crippen LogP contribution < -0.4 is 19.5 Å². The highest BCUT2D eigenvalue weighted by molar-refractivity contribution is 7.89. The molecule has 0 saturated carbocycles. The smallest absolute Gasteiger partial charge is 0.407 e. The van der Waals surface area contributed by atoms with Gasteiger partial charge < -0.3 is 38.8 Å². The van der Waals surface area contributed by atoms with Gasteiger partial charge in [-0.25, -0.2) is 17.6 Å². The Morgan fingerprint density at radius 2 is 1.73 bits per heavy atom. The lowest BCUT2D eigenvalue weighted by Gasteiger charge is -2.31. The predicted molar refractivity (Wildman–Crippen MR) is 174 cm³/mol. The number of fused-ring (bicyclic) bond motifs is 2. The number of carbonyl (C=O) groups excluding carboxylic acids is 1. The molecule has 0 spiro atoms. The van der Waals surface area contributed by atoms with E-state index >= 15 is 0 Å². The summed E-state index contributed by atoms with van der Waals surface area (Å²) in [5.41, 5.74) is 1.56. The number of hydrogen-bond acceptors (Lipinski definition) is 10. The van der Waals surface area contributed by atoms with Gasteiger partial charge in [0.2, 0.25) is 16.8 Å². The van der Waals surface area contributed by atoms with Gasteiger partial charge in [-0.3, -0.25) is 0 Å².